The molecule has 0 saturated heterocycles. The van der Waals surface area contributed by atoms with Crippen molar-refractivity contribution in [3.8, 4) is 0 Å². The molecule has 0 radical (unpaired) electrons. The van der Waals surface area contributed by atoms with Gasteiger partial charge >= 0.3 is 11.7 Å². The van der Waals surface area contributed by atoms with E-state index < -0.39 is 5.97 Å². The maximum Gasteiger partial charge on any atom is 0.409 e. The molecule has 1 heterocycles. The second-order valence-electron chi connectivity index (χ2n) is 2.73. The molecule has 15 heavy (non-hydrogen) atoms. The van der Waals surface area contributed by atoms with Gasteiger partial charge in [-0.1, -0.05) is 6.58 Å². The number of nitrogens with zero attached hydrogens (tertiary/aromatic N) is 1. The molecule has 0 aliphatic carbocycles. The van der Waals surface area contributed by atoms with Gasteiger partial charge in [-0.2, -0.15) is 0 Å². The molecule has 0 aliphatic heterocycles. The quantitative estimate of drug-likeness (QED) is 0.344. The number of methoxy groups -OCH3 is 2. The molecule has 0 atom stereocenters. The minimum Gasteiger partial charge on any atom is -0.496 e. The molecule has 1 N–H and O–H groups in total. The largest absolute Gasteiger partial charge is 0.496 e. The van der Waals surface area contributed by atoms with E-state index in [1.165, 1.54) is 20.4 Å². The summed E-state index contributed by atoms with van der Waals surface area (Å²) in [6.45, 7) is 3.61. The molecular formula is C10H12NO4+. The fourth-order valence-electron chi connectivity index (χ4n) is 1.13. The number of hydrogen-bond acceptors (Lipinski definition) is 4. The minimum atomic E-state index is -0.661. The fraction of sp³-hybridized carbons (Fsp3) is 0.200. The van der Waals surface area contributed by atoms with Crippen molar-refractivity contribution >= 4 is 11.7 Å². The highest BCUT2D eigenvalue weighted by Crippen LogP contribution is 2.15. The Morgan fingerprint density at radius 2 is 2.13 bits per heavy atom. The van der Waals surface area contributed by atoms with E-state index >= 15 is 0 Å². The minimum absolute atomic E-state index is 0.0214. The molecule has 0 bridgehead atoms. The number of ether oxygens (including phenoxy) is 2. The van der Waals surface area contributed by atoms with Crippen molar-refractivity contribution in [1.82, 2.24) is 0 Å². The summed E-state index contributed by atoms with van der Waals surface area (Å²) in [5.74, 6) is -0.384. The Hall–Kier alpha value is -2.04. The van der Waals surface area contributed by atoms with Crippen LogP contribution in [0.4, 0.5) is 0 Å². The summed E-state index contributed by atoms with van der Waals surface area (Å²) in [6.07, 6.45) is 1.32. The Balaban J connectivity index is 3.32. The normalized spacial score (nSPS) is 9.47. The number of aromatic nitrogens is 1. The van der Waals surface area contributed by atoms with Crippen LogP contribution in [0.15, 0.2) is 24.9 Å². The van der Waals surface area contributed by atoms with E-state index in [0.717, 1.165) is 0 Å². The standard InChI is InChI=1S/C10H12NO4/c1-7(14-2)8-5-4-6-11(13)9(8)10(12)15-3/h4-6,13H,1H2,2-3H3/q+1. The highest BCUT2D eigenvalue weighted by atomic mass is 16.5. The molecule has 0 saturated carbocycles. The highest BCUT2D eigenvalue weighted by Gasteiger charge is 2.27. The third-order valence-corrected chi connectivity index (χ3v) is 1.90. The van der Waals surface area contributed by atoms with Crippen molar-refractivity contribution in [2.24, 2.45) is 0 Å². The number of carbonyl (C=O) groups excluding carboxylic acids is 1. The molecule has 5 heteroatoms. The smallest absolute Gasteiger partial charge is 0.409 e. The van der Waals surface area contributed by atoms with E-state index in [2.05, 4.69) is 11.3 Å². The summed E-state index contributed by atoms with van der Waals surface area (Å²) in [6, 6.07) is 3.16. The molecule has 5 nitrogen and oxygen atoms in total. The maximum atomic E-state index is 11.4. The molecule has 80 valence electrons. The molecular weight excluding hydrogens is 198 g/mol. The lowest BCUT2D eigenvalue weighted by Gasteiger charge is -2.04. The van der Waals surface area contributed by atoms with Gasteiger partial charge in [0.1, 0.15) is 11.3 Å². The van der Waals surface area contributed by atoms with Crippen molar-refractivity contribution in [2.75, 3.05) is 14.2 Å². The third kappa shape index (κ3) is 2.07. The van der Waals surface area contributed by atoms with E-state index in [-0.39, 0.29) is 11.5 Å². The first-order valence-corrected chi connectivity index (χ1v) is 4.17. The van der Waals surface area contributed by atoms with Crippen molar-refractivity contribution < 1.29 is 24.2 Å². The van der Waals surface area contributed by atoms with Gasteiger partial charge in [0, 0.05) is 10.8 Å². The molecule has 0 spiro atoms. The lowest BCUT2D eigenvalue weighted by molar-refractivity contribution is -0.906. The molecule has 1 aromatic heterocycles. The van der Waals surface area contributed by atoms with E-state index in [1.54, 1.807) is 12.1 Å². The van der Waals surface area contributed by atoms with Crippen LogP contribution < -0.4 is 4.73 Å². The van der Waals surface area contributed by atoms with E-state index in [9.17, 15) is 10.0 Å². The van der Waals surface area contributed by atoms with E-state index in [0.29, 0.717) is 10.3 Å². The van der Waals surface area contributed by atoms with E-state index in [4.69, 9.17) is 4.74 Å². The van der Waals surface area contributed by atoms with Crippen LogP contribution in [0.2, 0.25) is 0 Å². The van der Waals surface area contributed by atoms with Crippen LogP contribution in [0.1, 0.15) is 16.1 Å². The first kappa shape index (κ1) is 11.0. The number of rotatable bonds is 3. The zero-order valence-electron chi connectivity index (χ0n) is 8.56. The second kappa shape index (κ2) is 4.45. The second-order valence-corrected chi connectivity index (χ2v) is 2.73. The molecule has 0 fully saturated rings. The van der Waals surface area contributed by atoms with Gasteiger partial charge in [0.25, 0.3) is 0 Å². The van der Waals surface area contributed by atoms with Gasteiger partial charge in [-0.05, 0) is 6.07 Å². The maximum absolute atomic E-state index is 11.4. The molecule has 0 unspecified atom stereocenters. The van der Waals surface area contributed by atoms with Crippen LogP contribution in [-0.2, 0) is 9.47 Å². The van der Waals surface area contributed by atoms with Crippen LogP contribution in [-0.4, -0.2) is 25.4 Å². The van der Waals surface area contributed by atoms with Crippen LogP contribution in [0.5, 0.6) is 0 Å². The molecule has 1 rings (SSSR count). The summed E-state index contributed by atoms with van der Waals surface area (Å²) in [7, 11) is 2.66. The first-order chi connectivity index (χ1) is 7.11. The van der Waals surface area contributed by atoms with Gasteiger partial charge in [-0.3, -0.25) is 5.21 Å². The Kier molecular flexibility index (Phi) is 3.28. The van der Waals surface area contributed by atoms with Crippen LogP contribution in [0, 0.1) is 0 Å². The van der Waals surface area contributed by atoms with Gasteiger partial charge in [-0.25, -0.2) is 4.79 Å². The van der Waals surface area contributed by atoms with Gasteiger partial charge in [-0.15, -0.1) is 0 Å². The Morgan fingerprint density at radius 3 is 2.67 bits per heavy atom. The number of hydrogen-bond donors (Lipinski definition) is 1. The highest BCUT2D eigenvalue weighted by molar-refractivity contribution is 5.90. The van der Waals surface area contributed by atoms with Gasteiger partial charge in [0.05, 0.1) is 14.2 Å². The summed E-state index contributed by atoms with van der Waals surface area (Å²) in [4.78, 5) is 11.4. The predicted molar refractivity (Wildman–Crippen MR) is 51.2 cm³/mol. The van der Waals surface area contributed by atoms with Crippen LogP contribution in [0.25, 0.3) is 5.76 Å². The zero-order chi connectivity index (χ0) is 11.4. The topological polar surface area (TPSA) is 59.6 Å². The molecule has 0 amide bonds. The number of pyridine rings is 1. The molecule has 0 aromatic carbocycles. The first-order valence-electron chi connectivity index (χ1n) is 4.17. The summed E-state index contributed by atoms with van der Waals surface area (Å²) < 4.78 is 10.1. The van der Waals surface area contributed by atoms with Crippen molar-refractivity contribution in [3.05, 3.63) is 36.2 Å². The zero-order valence-corrected chi connectivity index (χ0v) is 8.56. The molecule has 1 aromatic rings. The summed E-state index contributed by atoms with van der Waals surface area (Å²) in [5.41, 5.74) is 0.362. The fourth-order valence-corrected chi connectivity index (χ4v) is 1.13. The van der Waals surface area contributed by atoms with Crippen molar-refractivity contribution in [3.63, 3.8) is 0 Å². The van der Waals surface area contributed by atoms with Crippen LogP contribution >= 0.6 is 0 Å². The van der Waals surface area contributed by atoms with Crippen molar-refractivity contribution in [2.45, 2.75) is 0 Å². The summed E-state index contributed by atoms with van der Waals surface area (Å²) in [5, 5.41) is 9.46. The summed E-state index contributed by atoms with van der Waals surface area (Å²) >= 11 is 0. The lowest BCUT2D eigenvalue weighted by Crippen LogP contribution is -2.39. The van der Waals surface area contributed by atoms with Crippen molar-refractivity contribution in [1.29, 1.82) is 0 Å². The Morgan fingerprint density at radius 1 is 1.47 bits per heavy atom. The number of carbonyl (C=O) groups is 1. The van der Waals surface area contributed by atoms with Gasteiger partial charge < -0.3 is 9.47 Å². The average molecular weight is 210 g/mol. The Labute approximate surface area is 87.1 Å². The SMILES string of the molecule is C=C(OC)c1ccc[n+](O)c1C(=O)OC. The Bertz CT molecular complexity index is 400. The van der Waals surface area contributed by atoms with E-state index in [1.807, 2.05) is 0 Å². The predicted octanol–water partition coefficient (Wildman–Crippen LogP) is 0.615. The average Bonchev–Trinajstić information content (AvgIpc) is 2.26. The lowest BCUT2D eigenvalue weighted by atomic mass is 10.1. The van der Waals surface area contributed by atoms with Gasteiger partial charge in [0.15, 0.2) is 0 Å². The molecule has 0 aliphatic rings. The monoisotopic (exact) mass is 210 g/mol. The third-order valence-electron chi connectivity index (χ3n) is 1.90. The van der Waals surface area contributed by atoms with Crippen LogP contribution in [0.3, 0.4) is 0 Å². The number of esters is 1. The van der Waals surface area contributed by atoms with Gasteiger partial charge in [0.2, 0.25) is 6.20 Å².